The third kappa shape index (κ3) is 6.40. The molecule has 3 heteroatoms. The van der Waals surface area contributed by atoms with Crippen LogP contribution in [0, 0.1) is 0 Å². The molecule has 1 aromatic rings. The molecule has 3 nitrogen and oxygen atoms in total. The van der Waals surface area contributed by atoms with Crippen molar-refractivity contribution >= 4 is 0 Å². The van der Waals surface area contributed by atoms with E-state index in [0.717, 1.165) is 25.4 Å². The maximum absolute atomic E-state index is 5.17. The van der Waals surface area contributed by atoms with E-state index in [2.05, 4.69) is 43.1 Å². The van der Waals surface area contributed by atoms with E-state index in [1.54, 1.807) is 7.11 Å². The maximum atomic E-state index is 5.17. The summed E-state index contributed by atoms with van der Waals surface area (Å²) in [6.07, 6.45) is 2.49. The number of nitrogens with one attached hydrogen (secondary N) is 1. The SMILES string of the molecule is CCN(CC)CCC[C@H](C)NCc1ccc(OC)cc1. The Balaban J connectivity index is 2.20. The third-order valence-electron chi connectivity index (χ3n) is 3.82. The molecule has 0 aromatic heterocycles. The van der Waals surface area contributed by atoms with Crippen molar-refractivity contribution in [3.05, 3.63) is 29.8 Å². The van der Waals surface area contributed by atoms with Crippen LogP contribution in [0.5, 0.6) is 5.75 Å². The fourth-order valence-corrected chi connectivity index (χ4v) is 2.30. The van der Waals surface area contributed by atoms with Crippen molar-refractivity contribution in [2.75, 3.05) is 26.7 Å². The highest BCUT2D eigenvalue weighted by molar-refractivity contribution is 5.27. The van der Waals surface area contributed by atoms with Crippen LogP contribution >= 0.6 is 0 Å². The monoisotopic (exact) mass is 278 g/mol. The Morgan fingerprint density at radius 2 is 1.80 bits per heavy atom. The van der Waals surface area contributed by atoms with E-state index in [1.165, 1.54) is 24.9 Å². The van der Waals surface area contributed by atoms with Crippen LogP contribution in [0.25, 0.3) is 0 Å². The van der Waals surface area contributed by atoms with Crippen LogP contribution in [0.3, 0.4) is 0 Å². The molecule has 20 heavy (non-hydrogen) atoms. The van der Waals surface area contributed by atoms with Gasteiger partial charge in [0.15, 0.2) is 0 Å². The van der Waals surface area contributed by atoms with Gasteiger partial charge in [-0.25, -0.2) is 0 Å². The van der Waals surface area contributed by atoms with Gasteiger partial charge in [0.1, 0.15) is 5.75 Å². The number of rotatable bonds is 10. The molecule has 0 amide bonds. The summed E-state index contributed by atoms with van der Waals surface area (Å²) in [5.41, 5.74) is 1.31. The van der Waals surface area contributed by atoms with Gasteiger partial charge in [-0.05, 0) is 57.1 Å². The summed E-state index contributed by atoms with van der Waals surface area (Å²) in [5.74, 6) is 0.918. The summed E-state index contributed by atoms with van der Waals surface area (Å²) in [4.78, 5) is 2.48. The number of hydrogen-bond donors (Lipinski definition) is 1. The first kappa shape index (κ1) is 17.0. The number of hydrogen-bond acceptors (Lipinski definition) is 3. The zero-order valence-electron chi connectivity index (χ0n) is 13.5. The lowest BCUT2D eigenvalue weighted by Crippen LogP contribution is -2.28. The number of methoxy groups -OCH3 is 1. The van der Waals surface area contributed by atoms with Gasteiger partial charge < -0.3 is 15.0 Å². The van der Waals surface area contributed by atoms with Crippen molar-refractivity contribution in [3.8, 4) is 5.75 Å². The first-order valence-corrected chi connectivity index (χ1v) is 7.78. The first-order chi connectivity index (χ1) is 9.69. The van der Waals surface area contributed by atoms with Gasteiger partial charge in [0.05, 0.1) is 7.11 Å². The van der Waals surface area contributed by atoms with E-state index in [0.29, 0.717) is 6.04 Å². The molecule has 0 aliphatic heterocycles. The molecule has 0 heterocycles. The van der Waals surface area contributed by atoms with E-state index in [9.17, 15) is 0 Å². The minimum absolute atomic E-state index is 0.563. The Labute approximate surface area is 124 Å². The Morgan fingerprint density at radius 3 is 2.35 bits per heavy atom. The summed E-state index contributed by atoms with van der Waals surface area (Å²) in [7, 11) is 1.70. The molecular weight excluding hydrogens is 248 g/mol. The minimum atomic E-state index is 0.563. The molecule has 114 valence electrons. The van der Waals surface area contributed by atoms with E-state index in [4.69, 9.17) is 4.74 Å². The zero-order chi connectivity index (χ0) is 14.8. The van der Waals surface area contributed by atoms with Crippen molar-refractivity contribution in [1.29, 1.82) is 0 Å². The van der Waals surface area contributed by atoms with Crippen LogP contribution < -0.4 is 10.1 Å². The minimum Gasteiger partial charge on any atom is -0.497 e. The Morgan fingerprint density at radius 1 is 1.15 bits per heavy atom. The molecule has 0 saturated carbocycles. The predicted molar refractivity (Wildman–Crippen MR) is 86.3 cm³/mol. The summed E-state index contributed by atoms with van der Waals surface area (Å²) >= 11 is 0. The van der Waals surface area contributed by atoms with Gasteiger partial charge in [0, 0.05) is 12.6 Å². The van der Waals surface area contributed by atoms with Gasteiger partial charge >= 0.3 is 0 Å². The molecule has 1 rings (SSSR count). The fraction of sp³-hybridized carbons (Fsp3) is 0.647. The van der Waals surface area contributed by atoms with Crippen LogP contribution in [0.15, 0.2) is 24.3 Å². The number of nitrogens with zero attached hydrogens (tertiary/aromatic N) is 1. The lowest BCUT2D eigenvalue weighted by molar-refractivity contribution is 0.290. The first-order valence-electron chi connectivity index (χ1n) is 7.78. The molecule has 0 aliphatic rings. The Hall–Kier alpha value is -1.06. The van der Waals surface area contributed by atoms with Crippen molar-refractivity contribution in [2.45, 2.75) is 46.2 Å². The molecule has 0 aliphatic carbocycles. The van der Waals surface area contributed by atoms with Crippen LogP contribution in [-0.2, 0) is 6.54 Å². The van der Waals surface area contributed by atoms with E-state index < -0.39 is 0 Å². The maximum Gasteiger partial charge on any atom is 0.118 e. The second kappa shape index (κ2) is 9.78. The average Bonchev–Trinajstić information content (AvgIpc) is 2.50. The quantitative estimate of drug-likeness (QED) is 0.711. The standard InChI is InChI=1S/C17H30N2O/c1-5-19(6-2)13-7-8-15(3)18-14-16-9-11-17(20-4)12-10-16/h9-12,15,18H,5-8,13-14H2,1-4H3/t15-/m0/s1. The summed E-state index contributed by atoms with van der Waals surface area (Å²) in [6, 6.07) is 8.83. The molecule has 1 atom stereocenters. The van der Waals surface area contributed by atoms with Gasteiger partial charge in [0.2, 0.25) is 0 Å². The van der Waals surface area contributed by atoms with E-state index >= 15 is 0 Å². The van der Waals surface area contributed by atoms with E-state index in [1.807, 2.05) is 12.1 Å². The lowest BCUT2D eigenvalue weighted by atomic mass is 10.1. The zero-order valence-corrected chi connectivity index (χ0v) is 13.5. The van der Waals surface area contributed by atoms with Crippen LogP contribution in [0.2, 0.25) is 0 Å². The highest BCUT2D eigenvalue weighted by Gasteiger charge is 2.04. The average molecular weight is 278 g/mol. The molecule has 0 saturated heterocycles. The molecule has 1 N–H and O–H groups in total. The van der Waals surface area contributed by atoms with Gasteiger partial charge in [0.25, 0.3) is 0 Å². The molecule has 0 spiro atoms. The fourth-order valence-electron chi connectivity index (χ4n) is 2.30. The Bertz CT molecular complexity index is 347. The van der Waals surface area contributed by atoms with Gasteiger partial charge in [-0.3, -0.25) is 0 Å². The van der Waals surface area contributed by atoms with Crippen molar-refractivity contribution in [1.82, 2.24) is 10.2 Å². The summed E-state index contributed by atoms with van der Waals surface area (Å²) < 4.78 is 5.17. The Kier molecular flexibility index (Phi) is 8.31. The molecule has 0 bridgehead atoms. The van der Waals surface area contributed by atoms with Crippen molar-refractivity contribution < 1.29 is 4.74 Å². The molecule has 0 fully saturated rings. The molecule has 1 aromatic carbocycles. The highest BCUT2D eigenvalue weighted by Crippen LogP contribution is 2.11. The lowest BCUT2D eigenvalue weighted by Gasteiger charge is -2.19. The van der Waals surface area contributed by atoms with Gasteiger partial charge in [-0.2, -0.15) is 0 Å². The van der Waals surface area contributed by atoms with E-state index in [-0.39, 0.29) is 0 Å². The van der Waals surface area contributed by atoms with Gasteiger partial charge in [-0.15, -0.1) is 0 Å². The molecule has 0 unspecified atom stereocenters. The van der Waals surface area contributed by atoms with Gasteiger partial charge in [-0.1, -0.05) is 26.0 Å². The molecule has 0 radical (unpaired) electrons. The molecular formula is C17H30N2O. The number of benzene rings is 1. The second-order valence-corrected chi connectivity index (χ2v) is 5.30. The largest absolute Gasteiger partial charge is 0.497 e. The van der Waals surface area contributed by atoms with Crippen LogP contribution in [-0.4, -0.2) is 37.7 Å². The second-order valence-electron chi connectivity index (χ2n) is 5.30. The highest BCUT2D eigenvalue weighted by atomic mass is 16.5. The van der Waals surface area contributed by atoms with Crippen LogP contribution in [0.1, 0.15) is 39.2 Å². The summed E-state index contributed by atoms with van der Waals surface area (Å²) in [5, 5.41) is 3.59. The van der Waals surface area contributed by atoms with Crippen LogP contribution in [0.4, 0.5) is 0 Å². The van der Waals surface area contributed by atoms with Crippen molar-refractivity contribution in [3.63, 3.8) is 0 Å². The smallest absolute Gasteiger partial charge is 0.118 e. The third-order valence-corrected chi connectivity index (χ3v) is 3.82. The number of ether oxygens (including phenoxy) is 1. The predicted octanol–water partition coefficient (Wildman–Crippen LogP) is 3.30. The normalized spacial score (nSPS) is 12.7. The summed E-state index contributed by atoms with van der Waals surface area (Å²) in [6.45, 7) is 11.2. The topological polar surface area (TPSA) is 24.5 Å². The van der Waals surface area contributed by atoms with Crippen molar-refractivity contribution in [2.24, 2.45) is 0 Å².